The Morgan fingerprint density at radius 1 is 0.970 bits per heavy atom. The first-order valence-electron chi connectivity index (χ1n) is 10.8. The van der Waals surface area contributed by atoms with Gasteiger partial charge >= 0.3 is 0 Å². The van der Waals surface area contributed by atoms with Gasteiger partial charge in [-0.05, 0) is 48.2 Å². The lowest BCUT2D eigenvalue weighted by molar-refractivity contribution is -0.119. The normalized spacial score (nSPS) is 10.9. The number of fused-ring (bicyclic) bond motifs is 1. The van der Waals surface area contributed by atoms with E-state index in [-0.39, 0.29) is 12.2 Å². The number of aryl methyl sites for hydroxylation is 1. The van der Waals surface area contributed by atoms with Crippen molar-refractivity contribution >= 4 is 28.6 Å². The Bertz CT molecular complexity index is 1310. The molecule has 2 N–H and O–H groups in total. The molecule has 1 aromatic heterocycles. The van der Waals surface area contributed by atoms with E-state index in [0.29, 0.717) is 34.1 Å². The number of carbonyl (C=O) groups is 1. The fourth-order valence-electron chi connectivity index (χ4n) is 3.57. The Kier molecular flexibility index (Phi) is 7.42. The van der Waals surface area contributed by atoms with Gasteiger partial charge in [-0.2, -0.15) is 0 Å². The Morgan fingerprint density at radius 2 is 1.73 bits per heavy atom. The Labute approximate surface area is 196 Å². The molecule has 1 heterocycles. The SMILES string of the molecule is NC(=O)COc1cccc(CSc2nc3ccccc3c(=O)n2CCCc2ccccc2)c1. The molecule has 0 saturated carbocycles. The van der Waals surface area contributed by atoms with Crippen molar-refractivity contribution in [2.24, 2.45) is 5.73 Å². The molecule has 0 aliphatic carbocycles. The predicted molar refractivity (Wildman–Crippen MR) is 131 cm³/mol. The summed E-state index contributed by atoms with van der Waals surface area (Å²) in [5.41, 5.74) is 8.09. The summed E-state index contributed by atoms with van der Waals surface area (Å²) in [6, 6.07) is 25.2. The van der Waals surface area contributed by atoms with Crippen molar-refractivity contribution in [2.75, 3.05) is 6.61 Å². The zero-order valence-electron chi connectivity index (χ0n) is 18.1. The lowest BCUT2D eigenvalue weighted by Gasteiger charge is -2.13. The second-order valence-corrected chi connectivity index (χ2v) is 8.59. The summed E-state index contributed by atoms with van der Waals surface area (Å²) in [5.74, 6) is 0.672. The molecule has 6 nitrogen and oxygen atoms in total. The Balaban J connectivity index is 1.54. The summed E-state index contributed by atoms with van der Waals surface area (Å²) < 4.78 is 7.18. The van der Waals surface area contributed by atoms with Gasteiger partial charge in [0.15, 0.2) is 11.8 Å². The first-order valence-corrected chi connectivity index (χ1v) is 11.7. The second-order valence-electron chi connectivity index (χ2n) is 7.65. The molecule has 0 bridgehead atoms. The topological polar surface area (TPSA) is 87.2 Å². The molecule has 4 aromatic rings. The third-order valence-electron chi connectivity index (χ3n) is 5.16. The molecular formula is C26H25N3O3S. The van der Waals surface area contributed by atoms with Crippen LogP contribution in [-0.2, 0) is 23.5 Å². The Morgan fingerprint density at radius 3 is 2.55 bits per heavy atom. The monoisotopic (exact) mass is 459 g/mol. The van der Waals surface area contributed by atoms with E-state index in [1.165, 1.54) is 17.3 Å². The highest BCUT2D eigenvalue weighted by atomic mass is 32.2. The summed E-state index contributed by atoms with van der Waals surface area (Å²) in [5, 5.41) is 1.32. The molecule has 3 aromatic carbocycles. The van der Waals surface area contributed by atoms with Crippen molar-refractivity contribution in [1.29, 1.82) is 0 Å². The van der Waals surface area contributed by atoms with E-state index in [4.69, 9.17) is 15.5 Å². The quantitative estimate of drug-likeness (QED) is 0.284. The molecule has 0 aliphatic heterocycles. The number of thioether (sulfide) groups is 1. The predicted octanol–water partition coefficient (Wildman–Crippen LogP) is 4.19. The summed E-state index contributed by atoms with van der Waals surface area (Å²) in [6.07, 6.45) is 1.73. The number of para-hydroxylation sites is 1. The summed E-state index contributed by atoms with van der Waals surface area (Å²) >= 11 is 1.51. The van der Waals surface area contributed by atoms with Crippen molar-refractivity contribution in [3.63, 3.8) is 0 Å². The third-order valence-corrected chi connectivity index (χ3v) is 6.21. The maximum absolute atomic E-state index is 13.3. The molecule has 0 aliphatic rings. The fraction of sp³-hybridized carbons (Fsp3) is 0.192. The first-order chi connectivity index (χ1) is 16.1. The van der Waals surface area contributed by atoms with Crippen molar-refractivity contribution in [2.45, 2.75) is 30.3 Å². The van der Waals surface area contributed by atoms with Crippen LogP contribution in [0, 0.1) is 0 Å². The van der Waals surface area contributed by atoms with E-state index in [0.717, 1.165) is 18.4 Å². The van der Waals surface area contributed by atoms with Gasteiger partial charge in [0.05, 0.1) is 10.9 Å². The van der Waals surface area contributed by atoms with Crippen LogP contribution in [-0.4, -0.2) is 22.1 Å². The van der Waals surface area contributed by atoms with Gasteiger partial charge in [0.1, 0.15) is 5.75 Å². The molecule has 7 heteroatoms. The third kappa shape index (κ3) is 6.02. The van der Waals surface area contributed by atoms with Crippen LogP contribution in [0.5, 0.6) is 5.75 Å². The number of hydrogen-bond acceptors (Lipinski definition) is 5. The van der Waals surface area contributed by atoms with Gasteiger partial charge in [-0.1, -0.05) is 66.4 Å². The molecule has 33 heavy (non-hydrogen) atoms. The standard InChI is InChI=1S/C26H25N3O3S/c27-24(30)17-32-21-12-6-10-20(16-21)18-33-26-28-23-14-5-4-13-22(23)25(31)29(26)15-7-11-19-8-2-1-3-9-19/h1-6,8-10,12-14,16H,7,11,15,17-18H2,(H2,27,30). The van der Waals surface area contributed by atoms with E-state index in [1.54, 1.807) is 10.6 Å². The van der Waals surface area contributed by atoms with Gasteiger partial charge in [0, 0.05) is 12.3 Å². The maximum Gasteiger partial charge on any atom is 0.262 e. The van der Waals surface area contributed by atoms with Crippen LogP contribution in [0.2, 0.25) is 0 Å². The zero-order valence-corrected chi connectivity index (χ0v) is 19.0. The molecule has 0 unspecified atom stereocenters. The fourth-order valence-corrected chi connectivity index (χ4v) is 4.54. The second kappa shape index (κ2) is 10.8. The highest BCUT2D eigenvalue weighted by Crippen LogP contribution is 2.24. The average Bonchev–Trinajstić information content (AvgIpc) is 2.84. The maximum atomic E-state index is 13.3. The van der Waals surface area contributed by atoms with Crippen molar-refractivity contribution in [3.8, 4) is 5.75 Å². The van der Waals surface area contributed by atoms with E-state index < -0.39 is 5.91 Å². The van der Waals surface area contributed by atoms with Gasteiger partial charge in [-0.3, -0.25) is 14.2 Å². The first kappa shape index (κ1) is 22.6. The van der Waals surface area contributed by atoms with Crippen molar-refractivity contribution in [3.05, 3.63) is 100 Å². The van der Waals surface area contributed by atoms with Gasteiger partial charge < -0.3 is 10.5 Å². The molecule has 0 radical (unpaired) electrons. The molecule has 0 saturated heterocycles. The molecule has 168 valence electrons. The molecule has 0 spiro atoms. The molecule has 4 rings (SSSR count). The van der Waals surface area contributed by atoms with Gasteiger partial charge in [-0.15, -0.1) is 0 Å². The number of primary amides is 1. The largest absolute Gasteiger partial charge is 0.484 e. The molecular weight excluding hydrogens is 434 g/mol. The average molecular weight is 460 g/mol. The number of amides is 1. The summed E-state index contributed by atoms with van der Waals surface area (Å²) in [6.45, 7) is 0.430. The zero-order chi connectivity index (χ0) is 23.0. The van der Waals surface area contributed by atoms with Crippen LogP contribution in [0.4, 0.5) is 0 Å². The number of nitrogens with two attached hydrogens (primary N) is 1. The van der Waals surface area contributed by atoms with Crippen LogP contribution in [0.3, 0.4) is 0 Å². The molecule has 0 atom stereocenters. The lowest BCUT2D eigenvalue weighted by Crippen LogP contribution is -2.23. The van der Waals surface area contributed by atoms with E-state index in [2.05, 4.69) is 12.1 Å². The van der Waals surface area contributed by atoms with E-state index in [1.807, 2.05) is 60.7 Å². The highest BCUT2D eigenvalue weighted by molar-refractivity contribution is 7.98. The lowest BCUT2D eigenvalue weighted by atomic mass is 10.1. The number of benzene rings is 3. The van der Waals surface area contributed by atoms with Crippen LogP contribution in [0.15, 0.2) is 88.8 Å². The summed E-state index contributed by atoms with van der Waals surface area (Å²) in [4.78, 5) is 29.0. The number of aromatic nitrogens is 2. The smallest absolute Gasteiger partial charge is 0.262 e. The number of ether oxygens (including phenoxy) is 1. The highest BCUT2D eigenvalue weighted by Gasteiger charge is 2.12. The van der Waals surface area contributed by atoms with Crippen molar-refractivity contribution in [1.82, 2.24) is 9.55 Å². The minimum Gasteiger partial charge on any atom is -0.484 e. The minimum atomic E-state index is -0.519. The number of hydrogen-bond donors (Lipinski definition) is 1. The Hall–Kier alpha value is -3.58. The number of nitrogens with zero attached hydrogens (tertiary/aromatic N) is 2. The van der Waals surface area contributed by atoms with Gasteiger partial charge in [0.25, 0.3) is 11.5 Å². The van der Waals surface area contributed by atoms with Crippen molar-refractivity contribution < 1.29 is 9.53 Å². The summed E-state index contributed by atoms with van der Waals surface area (Å²) in [7, 11) is 0. The van der Waals surface area contributed by atoms with Crippen LogP contribution in [0.25, 0.3) is 10.9 Å². The number of rotatable bonds is 10. The molecule has 0 fully saturated rings. The van der Waals surface area contributed by atoms with E-state index >= 15 is 0 Å². The van der Waals surface area contributed by atoms with Crippen LogP contribution in [0.1, 0.15) is 17.5 Å². The number of carbonyl (C=O) groups excluding carboxylic acids is 1. The molecule has 1 amide bonds. The van der Waals surface area contributed by atoms with Crippen LogP contribution >= 0.6 is 11.8 Å². The van der Waals surface area contributed by atoms with E-state index in [9.17, 15) is 9.59 Å². The minimum absolute atomic E-state index is 0.0188. The van der Waals surface area contributed by atoms with Gasteiger partial charge in [-0.25, -0.2) is 4.98 Å². The van der Waals surface area contributed by atoms with Gasteiger partial charge in [0.2, 0.25) is 0 Å². The van der Waals surface area contributed by atoms with Crippen LogP contribution < -0.4 is 16.0 Å².